The number of hydrogen-bond acceptors (Lipinski definition) is 4. The highest BCUT2D eigenvalue weighted by Crippen LogP contribution is 2.21. The number of nitrogens with zero attached hydrogens (tertiary/aromatic N) is 4. The van der Waals surface area contributed by atoms with Gasteiger partial charge in [-0.2, -0.15) is 0 Å². The van der Waals surface area contributed by atoms with E-state index in [1.54, 1.807) is 9.80 Å². The van der Waals surface area contributed by atoms with Crippen molar-refractivity contribution in [2.24, 2.45) is 0 Å². The molecule has 8 heteroatoms. The van der Waals surface area contributed by atoms with Crippen LogP contribution in [0.5, 0.6) is 0 Å². The SMILES string of the molecule is Cc1cccc2[nH]c(CCC(=O)N3CCN4C(=O)N(C)C(=O)C4C3)nc12. The first-order chi connectivity index (χ1) is 12.5. The molecule has 8 nitrogen and oxygen atoms in total. The number of aromatic amines is 1. The van der Waals surface area contributed by atoms with Crippen molar-refractivity contribution in [3.8, 4) is 0 Å². The zero-order chi connectivity index (χ0) is 18.4. The van der Waals surface area contributed by atoms with Crippen LogP contribution in [-0.2, 0) is 16.0 Å². The maximum Gasteiger partial charge on any atom is 0.327 e. The highest BCUT2D eigenvalue weighted by molar-refractivity contribution is 6.04. The summed E-state index contributed by atoms with van der Waals surface area (Å²) in [5.74, 6) is 0.532. The summed E-state index contributed by atoms with van der Waals surface area (Å²) in [6, 6.07) is 5.14. The van der Waals surface area contributed by atoms with Gasteiger partial charge < -0.3 is 14.8 Å². The number of H-pyrrole nitrogens is 1. The molecule has 4 amide bonds. The predicted octanol–water partition coefficient (Wildman–Crippen LogP) is 0.909. The van der Waals surface area contributed by atoms with Crippen LogP contribution >= 0.6 is 0 Å². The summed E-state index contributed by atoms with van der Waals surface area (Å²) in [7, 11) is 1.48. The standard InChI is InChI=1S/C18H21N5O3/c1-11-4-3-5-12-16(11)20-14(19-12)6-7-15(24)22-8-9-23-13(10-22)17(25)21(2)18(23)26/h3-5,13H,6-10H2,1-2H3,(H,19,20). The van der Waals surface area contributed by atoms with E-state index in [9.17, 15) is 14.4 Å². The number of carbonyl (C=O) groups is 3. The summed E-state index contributed by atoms with van der Waals surface area (Å²) in [6.45, 7) is 3.14. The molecular formula is C18H21N5O3. The van der Waals surface area contributed by atoms with Crippen molar-refractivity contribution >= 4 is 28.9 Å². The van der Waals surface area contributed by atoms with Gasteiger partial charge in [0.1, 0.15) is 11.9 Å². The average molecular weight is 355 g/mol. The van der Waals surface area contributed by atoms with Gasteiger partial charge >= 0.3 is 6.03 Å². The first kappa shape index (κ1) is 16.6. The molecule has 0 saturated carbocycles. The second-order valence-electron chi connectivity index (χ2n) is 6.88. The molecule has 2 fully saturated rings. The van der Waals surface area contributed by atoms with Crippen molar-refractivity contribution in [1.29, 1.82) is 0 Å². The van der Waals surface area contributed by atoms with E-state index in [0.717, 1.165) is 27.3 Å². The largest absolute Gasteiger partial charge is 0.342 e. The molecule has 0 radical (unpaired) electrons. The molecule has 2 aliphatic rings. The number of rotatable bonds is 3. The van der Waals surface area contributed by atoms with E-state index < -0.39 is 6.04 Å². The van der Waals surface area contributed by atoms with Gasteiger partial charge in [-0.1, -0.05) is 12.1 Å². The van der Waals surface area contributed by atoms with Gasteiger partial charge in [-0.3, -0.25) is 14.5 Å². The summed E-state index contributed by atoms with van der Waals surface area (Å²) in [6.07, 6.45) is 0.841. The van der Waals surface area contributed by atoms with E-state index in [2.05, 4.69) is 9.97 Å². The Morgan fingerprint density at radius 1 is 1.31 bits per heavy atom. The first-order valence-electron chi connectivity index (χ1n) is 8.76. The van der Waals surface area contributed by atoms with Gasteiger partial charge in [0.05, 0.1) is 17.6 Å². The number of likely N-dealkylation sites (N-methyl/N-ethyl adjacent to an activating group) is 1. The van der Waals surface area contributed by atoms with Crippen molar-refractivity contribution in [3.05, 3.63) is 29.6 Å². The Hall–Kier alpha value is -2.90. The third kappa shape index (κ3) is 2.61. The maximum absolute atomic E-state index is 12.6. The van der Waals surface area contributed by atoms with Crippen molar-refractivity contribution in [3.63, 3.8) is 0 Å². The van der Waals surface area contributed by atoms with Gasteiger partial charge in [0, 0.05) is 33.0 Å². The highest BCUT2D eigenvalue weighted by Gasteiger charge is 2.46. The molecule has 0 spiro atoms. The molecule has 136 valence electrons. The van der Waals surface area contributed by atoms with E-state index >= 15 is 0 Å². The van der Waals surface area contributed by atoms with Crippen LogP contribution in [0.1, 0.15) is 17.8 Å². The van der Waals surface area contributed by atoms with Crippen LogP contribution in [0, 0.1) is 6.92 Å². The minimum Gasteiger partial charge on any atom is -0.342 e. The molecule has 3 heterocycles. The number of nitrogens with one attached hydrogen (secondary N) is 1. The van der Waals surface area contributed by atoms with E-state index in [1.165, 1.54) is 7.05 Å². The van der Waals surface area contributed by atoms with Crippen LogP contribution in [0.25, 0.3) is 11.0 Å². The zero-order valence-electron chi connectivity index (χ0n) is 14.9. The lowest BCUT2D eigenvalue weighted by molar-refractivity contribution is -0.136. The van der Waals surface area contributed by atoms with Crippen molar-refractivity contribution in [1.82, 2.24) is 24.7 Å². The number of fused-ring (bicyclic) bond motifs is 2. The second-order valence-corrected chi connectivity index (χ2v) is 6.88. The molecule has 26 heavy (non-hydrogen) atoms. The molecule has 0 aliphatic carbocycles. The summed E-state index contributed by atoms with van der Waals surface area (Å²) in [5.41, 5.74) is 3.00. The van der Waals surface area contributed by atoms with Crippen LogP contribution in [0.3, 0.4) is 0 Å². The van der Waals surface area contributed by atoms with Gasteiger partial charge in [0.25, 0.3) is 5.91 Å². The van der Waals surface area contributed by atoms with Crippen LogP contribution in [0.2, 0.25) is 0 Å². The molecule has 4 rings (SSSR count). The van der Waals surface area contributed by atoms with E-state index in [-0.39, 0.29) is 24.4 Å². The lowest BCUT2D eigenvalue weighted by Crippen LogP contribution is -2.54. The van der Waals surface area contributed by atoms with Crippen LogP contribution in [-0.4, -0.2) is 75.2 Å². The quantitative estimate of drug-likeness (QED) is 0.829. The molecule has 1 atom stereocenters. The zero-order valence-corrected chi connectivity index (χ0v) is 14.9. The minimum atomic E-state index is -0.543. The Kier molecular flexibility index (Phi) is 3.90. The molecule has 1 N–H and O–H groups in total. The lowest BCUT2D eigenvalue weighted by Gasteiger charge is -2.35. The smallest absolute Gasteiger partial charge is 0.327 e. The molecule has 0 bridgehead atoms. The number of carbonyl (C=O) groups excluding carboxylic acids is 3. The van der Waals surface area contributed by atoms with Crippen LogP contribution in [0.15, 0.2) is 18.2 Å². The molecule has 2 aliphatic heterocycles. The number of urea groups is 1. The number of aromatic nitrogens is 2. The highest BCUT2D eigenvalue weighted by atomic mass is 16.2. The van der Waals surface area contributed by atoms with Crippen LogP contribution in [0.4, 0.5) is 4.79 Å². The Morgan fingerprint density at radius 2 is 2.12 bits per heavy atom. The van der Waals surface area contributed by atoms with Crippen molar-refractivity contribution < 1.29 is 14.4 Å². The molecule has 2 saturated heterocycles. The first-order valence-corrected chi connectivity index (χ1v) is 8.76. The van der Waals surface area contributed by atoms with E-state index in [1.807, 2.05) is 25.1 Å². The second kappa shape index (κ2) is 6.12. The third-order valence-electron chi connectivity index (χ3n) is 5.22. The maximum atomic E-state index is 12.6. The molecule has 2 aromatic rings. The summed E-state index contributed by atoms with van der Waals surface area (Å²) >= 11 is 0. The Bertz CT molecular complexity index is 905. The minimum absolute atomic E-state index is 0.0170. The number of aryl methyl sites for hydroxylation is 2. The average Bonchev–Trinajstić information content (AvgIpc) is 3.16. The Labute approximate surface area is 150 Å². The number of benzene rings is 1. The normalized spacial score (nSPS) is 20.2. The van der Waals surface area contributed by atoms with Crippen LogP contribution < -0.4 is 0 Å². The van der Waals surface area contributed by atoms with Gasteiger partial charge in [0.2, 0.25) is 5.91 Å². The summed E-state index contributed by atoms with van der Waals surface area (Å²) in [5, 5.41) is 0. The van der Waals surface area contributed by atoms with Crippen molar-refractivity contribution in [2.75, 3.05) is 26.7 Å². The third-order valence-corrected chi connectivity index (χ3v) is 5.22. The fourth-order valence-electron chi connectivity index (χ4n) is 3.69. The molecular weight excluding hydrogens is 334 g/mol. The van der Waals surface area contributed by atoms with Gasteiger partial charge in [-0.25, -0.2) is 9.78 Å². The fraction of sp³-hybridized carbons (Fsp3) is 0.444. The van der Waals surface area contributed by atoms with Crippen molar-refractivity contribution in [2.45, 2.75) is 25.8 Å². The molecule has 1 unspecified atom stereocenters. The monoisotopic (exact) mass is 355 g/mol. The topological polar surface area (TPSA) is 89.6 Å². The van der Waals surface area contributed by atoms with Gasteiger partial charge in [-0.15, -0.1) is 0 Å². The Balaban J connectivity index is 1.40. The number of imide groups is 1. The number of amides is 4. The number of para-hydroxylation sites is 1. The number of hydrogen-bond donors (Lipinski definition) is 1. The summed E-state index contributed by atoms with van der Waals surface area (Å²) in [4.78, 5) is 48.9. The number of piperazine rings is 1. The van der Waals surface area contributed by atoms with Gasteiger partial charge in [-0.05, 0) is 18.6 Å². The van der Waals surface area contributed by atoms with E-state index in [0.29, 0.717) is 25.9 Å². The predicted molar refractivity (Wildman–Crippen MR) is 94.4 cm³/mol. The fourth-order valence-corrected chi connectivity index (χ4v) is 3.69. The van der Waals surface area contributed by atoms with E-state index in [4.69, 9.17) is 0 Å². The van der Waals surface area contributed by atoms with Gasteiger partial charge in [0.15, 0.2) is 0 Å². The molecule has 1 aromatic carbocycles. The molecule has 1 aromatic heterocycles. The number of imidazole rings is 1. The Morgan fingerprint density at radius 3 is 2.88 bits per heavy atom. The summed E-state index contributed by atoms with van der Waals surface area (Å²) < 4.78 is 0. The lowest BCUT2D eigenvalue weighted by atomic mass is 10.1.